The number of aliphatic carboxylic acids is 1. The minimum atomic E-state index is -1.01. The molecule has 0 spiro atoms. The van der Waals surface area contributed by atoms with Gasteiger partial charge in [0.2, 0.25) is 0 Å². The molecule has 1 aromatic rings. The largest absolute Gasteiger partial charge is 0.494 e. The van der Waals surface area contributed by atoms with E-state index in [2.05, 4.69) is 12.2 Å². The van der Waals surface area contributed by atoms with Crippen LogP contribution in [0.1, 0.15) is 49.9 Å². The number of nitrogens with one attached hydrogen (secondary N) is 1. The van der Waals surface area contributed by atoms with E-state index in [4.69, 9.17) is 9.84 Å². The van der Waals surface area contributed by atoms with Gasteiger partial charge in [0.15, 0.2) is 0 Å². The molecular formula is C16H23NO4. The van der Waals surface area contributed by atoms with Crippen molar-refractivity contribution in [3.63, 3.8) is 0 Å². The molecule has 0 aliphatic heterocycles. The molecule has 0 aliphatic carbocycles. The Bertz CT molecular complexity index is 456. The molecule has 0 aromatic heterocycles. The first-order valence-corrected chi connectivity index (χ1v) is 7.35. The summed E-state index contributed by atoms with van der Waals surface area (Å²) in [4.78, 5) is 23.0. The maximum Gasteiger partial charge on any atom is 0.326 e. The molecular weight excluding hydrogens is 270 g/mol. The summed E-state index contributed by atoms with van der Waals surface area (Å²) in [6, 6.07) is 5.88. The number of carbonyl (C=O) groups excluding carboxylic acids is 1. The molecule has 0 saturated carbocycles. The van der Waals surface area contributed by atoms with Gasteiger partial charge in [-0.25, -0.2) is 4.79 Å². The van der Waals surface area contributed by atoms with Crippen molar-refractivity contribution < 1.29 is 19.4 Å². The molecule has 1 atom stereocenters. The zero-order chi connectivity index (χ0) is 15.7. The molecule has 1 aromatic carbocycles. The molecule has 5 heteroatoms. The number of carboxylic acids is 1. The first-order valence-electron chi connectivity index (χ1n) is 7.35. The maximum absolute atomic E-state index is 12.0. The fourth-order valence-corrected chi connectivity index (χ4v) is 1.82. The summed E-state index contributed by atoms with van der Waals surface area (Å²) in [5.41, 5.74) is 0.431. The highest BCUT2D eigenvalue weighted by Crippen LogP contribution is 2.13. The monoisotopic (exact) mass is 293 g/mol. The van der Waals surface area contributed by atoms with Gasteiger partial charge in [0.1, 0.15) is 11.8 Å². The van der Waals surface area contributed by atoms with Crippen LogP contribution < -0.4 is 10.1 Å². The summed E-state index contributed by atoms with van der Waals surface area (Å²) in [6.45, 7) is 4.62. The fraction of sp³-hybridized carbons (Fsp3) is 0.500. The molecule has 1 rings (SSSR count). The lowest BCUT2D eigenvalue weighted by Gasteiger charge is -2.13. The summed E-state index contributed by atoms with van der Waals surface area (Å²) in [5.74, 6) is -0.677. The molecule has 0 radical (unpaired) electrons. The maximum atomic E-state index is 12.0. The van der Waals surface area contributed by atoms with Gasteiger partial charge < -0.3 is 15.2 Å². The highest BCUT2D eigenvalue weighted by Gasteiger charge is 2.19. The van der Waals surface area contributed by atoms with E-state index in [1.165, 1.54) is 0 Å². The summed E-state index contributed by atoms with van der Waals surface area (Å²) in [5, 5.41) is 11.6. The van der Waals surface area contributed by atoms with Crippen LogP contribution in [0.2, 0.25) is 0 Å². The second-order valence-corrected chi connectivity index (χ2v) is 4.88. The van der Waals surface area contributed by atoms with Crippen molar-refractivity contribution in [2.24, 2.45) is 0 Å². The van der Waals surface area contributed by atoms with E-state index in [1.54, 1.807) is 24.3 Å². The van der Waals surface area contributed by atoms with Gasteiger partial charge in [-0.2, -0.15) is 0 Å². The summed E-state index contributed by atoms with van der Waals surface area (Å²) in [6.07, 6.45) is 3.16. The van der Waals surface area contributed by atoms with E-state index >= 15 is 0 Å². The number of hydrogen-bond donors (Lipinski definition) is 2. The van der Waals surface area contributed by atoms with Crippen molar-refractivity contribution in [3.05, 3.63) is 29.8 Å². The van der Waals surface area contributed by atoms with Crippen molar-refractivity contribution >= 4 is 11.9 Å². The Balaban J connectivity index is 2.59. The van der Waals surface area contributed by atoms with Gasteiger partial charge in [-0.1, -0.05) is 26.7 Å². The number of benzene rings is 1. The van der Waals surface area contributed by atoms with Crippen LogP contribution in [0.5, 0.6) is 5.75 Å². The number of amides is 1. The lowest BCUT2D eigenvalue weighted by atomic mass is 10.1. The van der Waals surface area contributed by atoms with Crippen LogP contribution in [0.15, 0.2) is 24.3 Å². The fourth-order valence-electron chi connectivity index (χ4n) is 1.82. The zero-order valence-corrected chi connectivity index (χ0v) is 12.6. The zero-order valence-electron chi connectivity index (χ0n) is 12.6. The number of rotatable bonds is 9. The molecule has 0 fully saturated rings. The Morgan fingerprint density at radius 3 is 2.38 bits per heavy atom. The van der Waals surface area contributed by atoms with Crippen LogP contribution in [-0.4, -0.2) is 29.6 Å². The van der Waals surface area contributed by atoms with E-state index in [1.807, 2.05) is 6.92 Å². The van der Waals surface area contributed by atoms with Crippen LogP contribution in [-0.2, 0) is 4.79 Å². The smallest absolute Gasteiger partial charge is 0.326 e. The lowest BCUT2D eigenvalue weighted by molar-refractivity contribution is -0.139. The van der Waals surface area contributed by atoms with Crippen LogP contribution >= 0.6 is 0 Å². The Morgan fingerprint density at radius 2 is 1.86 bits per heavy atom. The number of carboxylic acid groups (broad SMARTS) is 1. The van der Waals surface area contributed by atoms with Crippen molar-refractivity contribution in [2.45, 2.75) is 45.6 Å². The van der Waals surface area contributed by atoms with Gasteiger partial charge in [-0.3, -0.25) is 4.79 Å². The topological polar surface area (TPSA) is 75.6 Å². The van der Waals surface area contributed by atoms with Gasteiger partial charge in [0.25, 0.3) is 5.91 Å². The predicted octanol–water partition coefficient (Wildman–Crippen LogP) is 2.85. The van der Waals surface area contributed by atoms with E-state index in [0.29, 0.717) is 30.8 Å². The second-order valence-electron chi connectivity index (χ2n) is 4.88. The van der Waals surface area contributed by atoms with Gasteiger partial charge in [0.05, 0.1) is 6.61 Å². The Morgan fingerprint density at radius 1 is 1.19 bits per heavy atom. The molecule has 1 amide bonds. The van der Waals surface area contributed by atoms with E-state index in [0.717, 1.165) is 12.8 Å². The molecule has 21 heavy (non-hydrogen) atoms. The molecule has 5 nitrogen and oxygen atoms in total. The van der Waals surface area contributed by atoms with E-state index in [-0.39, 0.29) is 5.91 Å². The standard InChI is InChI=1S/C16H23NO4/c1-3-5-11-21-13-9-7-12(8-10-13)15(18)17-14(6-4-2)16(19)20/h7-10,14H,3-6,11H2,1-2H3,(H,17,18)(H,19,20). The molecule has 0 bridgehead atoms. The van der Waals surface area contributed by atoms with Crippen molar-refractivity contribution in [3.8, 4) is 5.75 Å². The Labute approximate surface area is 125 Å². The summed E-state index contributed by atoms with van der Waals surface area (Å²) in [7, 11) is 0. The van der Waals surface area contributed by atoms with Crippen LogP contribution in [0.25, 0.3) is 0 Å². The average Bonchev–Trinajstić information content (AvgIpc) is 2.47. The van der Waals surface area contributed by atoms with Crippen molar-refractivity contribution in [2.75, 3.05) is 6.61 Å². The second kappa shape index (κ2) is 9.00. The molecule has 2 N–H and O–H groups in total. The summed E-state index contributed by atoms with van der Waals surface area (Å²) < 4.78 is 5.51. The van der Waals surface area contributed by atoms with Gasteiger partial charge in [-0.05, 0) is 37.1 Å². The first-order chi connectivity index (χ1) is 10.1. The minimum absolute atomic E-state index is 0.379. The van der Waals surface area contributed by atoms with Crippen LogP contribution in [0, 0.1) is 0 Å². The van der Waals surface area contributed by atoms with E-state index < -0.39 is 12.0 Å². The van der Waals surface area contributed by atoms with Crippen LogP contribution in [0.3, 0.4) is 0 Å². The minimum Gasteiger partial charge on any atom is -0.494 e. The highest BCUT2D eigenvalue weighted by molar-refractivity contribution is 5.96. The first kappa shape index (κ1) is 17.0. The van der Waals surface area contributed by atoms with E-state index in [9.17, 15) is 9.59 Å². The molecule has 0 aliphatic rings. The SMILES string of the molecule is CCCCOc1ccc(C(=O)NC(CCC)C(=O)O)cc1. The van der Waals surface area contributed by atoms with Crippen LogP contribution in [0.4, 0.5) is 0 Å². The highest BCUT2D eigenvalue weighted by atomic mass is 16.5. The molecule has 0 saturated heterocycles. The van der Waals surface area contributed by atoms with Crippen molar-refractivity contribution in [1.82, 2.24) is 5.32 Å². The summed E-state index contributed by atoms with van der Waals surface area (Å²) >= 11 is 0. The number of ether oxygens (including phenoxy) is 1. The molecule has 0 heterocycles. The van der Waals surface area contributed by atoms with Crippen molar-refractivity contribution in [1.29, 1.82) is 0 Å². The lowest BCUT2D eigenvalue weighted by Crippen LogP contribution is -2.40. The number of carbonyl (C=O) groups is 2. The van der Waals surface area contributed by atoms with Gasteiger partial charge in [0, 0.05) is 5.56 Å². The third-order valence-electron chi connectivity index (χ3n) is 3.06. The Kier molecular flexibility index (Phi) is 7.29. The molecule has 116 valence electrons. The number of hydrogen-bond acceptors (Lipinski definition) is 3. The molecule has 1 unspecified atom stereocenters. The van der Waals surface area contributed by atoms with Gasteiger partial charge in [-0.15, -0.1) is 0 Å². The van der Waals surface area contributed by atoms with Gasteiger partial charge >= 0.3 is 5.97 Å². The normalized spacial score (nSPS) is 11.7. The predicted molar refractivity (Wildman–Crippen MR) is 80.6 cm³/mol. The number of unbranched alkanes of at least 4 members (excludes halogenated alkanes) is 1. The quantitative estimate of drug-likeness (QED) is 0.686. The third kappa shape index (κ3) is 5.85. The Hall–Kier alpha value is -2.04. The third-order valence-corrected chi connectivity index (χ3v) is 3.06. The average molecular weight is 293 g/mol.